The number of para-hydroxylation sites is 1. The summed E-state index contributed by atoms with van der Waals surface area (Å²) >= 11 is 0. The highest BCUT2D eigenvalue weighted by Gasteiger charge is 2.28. The van der Waals surface area contributed by atoms with Gasteiger partial charge in [0.15, 0.2) is 0 Å². The molecule has 1 unspecified atom stereocenters. The van der Waals surface area contributed by atoms with E-state index in [1.54, 1.807) is 6.07 Å². The second-order valence-corrected chi connectivity index (χ2v) is 7.39. The van der Waals surface area contributed by atoms with Crippen LogP contribution < -0.4 is 16.0 Å². The molecular formula is C23H22N4O. The third-order valence-electron chi connectivity index (χ3n) is 5.66. The van der Waals surface area contributed by atoms with E-state index in [9.17, 15) is 5.11 Å². The molecule has 5 rings (SSSR count). The van der Waals surface area contributed by atoms with Crippen LogP contribution in [-0.2, 0) is 0 Å². The van der Waals surface area contributed by atoms with Gasteiger partial charge in [-0.05, 0) is 48.2 Å². The lowest BCUT2D eigenvalue weighted by Crippen LogP contribution is -2.27. The number of aromatic nitrogens is 1. The van der Waals surface area contributed by atoms with Crippen molar-refractivity contribution in [3.05, 3.63) is 81.5 Å². The van der Waals surface area contributed by atoms with Gasteiger partial charge < -0.3 is 10.1 Å². The summed E-state index contributed by atoms with van der Waals surface area (Å²) in [4.78, 5) is 8.52. The molecule has 140 valence electrons. The number of benzene rings is 2. The van der Waals surface area contributed by atoms with E-state index in [0.29, 0.717) is 5.75 Å². The number of hydrogen-bond acceptors (Lipinski definition) is 4. The van der Waals surface area contributed by atoms with Crippen molar-refractivity contribution in [1.29, 1.82) is 0 Å². The second kappa shape index (κ2) is 6.37. The van der Waals surface area contributed by atoms with Crippen molar-refractivity contribution in [3.8, 4) is 5.75 Å². The van der Waals surface area contributed by atoms with Gasteiger partial charge in [0, 0.05) is 34.7 Å². The number of hydrazone groups is 1. The number of H-pyrrole nitrogens is 1. The van der Waals surface area contributed by atoms with E-state index < -0.39 is 0 Å². The summed E-state index contributed by atoms with van der Waals surface area (Å²) in [7, 11) is 0. The zero-order valence-corrected chi connectivity index (χ0v) is 16.0. The van der Waals surface area contributed by atoms with Crippen molar-refractivity contribution >= 4 is 17.1 Å². The number of nitrogens with zero attached hydrogens (tertiary/aromatic N) is 2. The topological polar surface area (TPSA) is 72.8 Å². The van der Waals surface area contributed by atoms with Crippen LogP contribution in [0.2, 0.25) is 0 Å². The molecule has 0 saturated heterocycles. The van der Waals surface area contributed by atoms with Crippen LogP contribution in [0.4, 0.5) is 5.82 Å². The summed E-state index contributed by atoms with van der Waals surface area (Å²) in [6, 6.07) is 13.9. The van der Waals surface area contributed by atoms with Crippen molar-refractivity contribution in [2.24, 2.45) is 10.1 Å². The standard InChI is InChI=1S/C23H22N4O/c1-3-15-11-17-16-6-4-5-7-19(16)25-22(14-8-9-20(28)13(2)10-14)18-12-24-23(21(17)18)27-26-15/h4-10,12,22,24,27-28H,3,11H2,1-2H3. The van der Waals surface area contributed by atoms with E-state index >= 15 is 0 Å². The molecule has 0 aliphatic carbocycles. The Kier molecular flexibility index (Phi) is 3.83. The highest BCUT2D eigenvalue weighted by atomic mass is 16.3. The van der Waals surface area contributed by atoms with Gasteiger partial charge in [-0.2, -0.15) is 5.10 Å². The molecule has 0 fully saturated rings. The maximum Gasteiger partial charge on any atom is 0.131 e. The SMILES string of the molecule is CCC1=NNc2[nH]cc3c2C(=c2ccccc2=NC3c2ccc(O)c(C)c2)C1. The quantitative estimate of drug-likeness (QED) is 0.646. The Balaban J connectivity index is 1.83. The smallest absolute Gasteiger partial charge is 0.131 e. The number of aromatic amines is 1. The average molecular weight is 370 g/mol. The van der Waals surface area contributed by atoms with Gasteiger partial charge >= 0.3 is 0 Å². The van der Waals surface area contributed by atoms with Crippen molar-refractivity contribution < 1.29 is 5.11 Å². The molecule has 0 amide bonds. The molecular weight excluding hydrogens is 348 g/mol. The molecule has 3 N–H and O–H groups in total. The van der Waals surface area contributed by atoms with E-state index in [1.165, 1.54) is 5.57 Å². The van der Waals surface area contributed by atoms with Crippen LogP contribution in [0.25, 0.3) is 5.57 Å². The summed E-state index contributed by atoms with van der Waals surface area (Å²) in [5.74, 6) is 1.22. The average Bonchev–Trinajstić information content (AvgIpc) is 2.96. The van der Waals surface area contributed by atoms with Crippen LogP contribution in [0.1, 0.15) is 48.1 Å². The van der Waals surface area contributed by atoms with Gasteiger partial charge in [0.25, 0.3) is 0 Å². The highest BCUT2D eigenvalue weighted by Crippen LogP contribution is 2.39. The number of hydrogen-bond donors (Lipinski definition) is 3. The molecule has 5 heteroatoms. The monoisotopic (exact) mass is 370 g/mol. The van der Waals surface area contributed by atoms with Crippen LogP contribution in [0.5, 0.6) is 5.75 Å². The number of aryl methyl sites for hydroxylation is 1. The lowest BCUT2D eigenvalue weighted by Gasteiger charge is -2.15. The number of rotatable bonds is 2. The van der Waals surface area contributed by atoms with E-state index in [1.807, 2.05) is 31.3 Å². The van der Waals surface area contributed by atoms with Crippen LogP contribution in [0.3, 0.4) is 0 Å². The minimum absolute atomic E-state index is 0.150. The van der Waals surface area contributed by atoms with Gasteiger partial charge in [-0.1, -0.05) is 31.2 Å². The zero-order valence-electron chi connectivity index (χ0n) is 16.0. The molecule has 3 aromatic rings. The molecule has 1 atom stereocenters. The summed E-state index contributed by atoms with van der Waals surface area (Å²) < 4.78 is 0. The first-order valence-corrected chi connectivity index (χ1v) is 9.64. The molecule has 2 aromatic carbocycles. The lowest BCUT2D eigenvalue weighted by atomic mass is 9.91. The first-order valence-electron chi connectivity index (χ1n) is 9.64. The Hall–Kier alpha value is -3.34. The molecule has 2 aliphatic rings. The van der Waals surface area contributed by atoms with E-state index in [2.05, 4.69) is 40.6 Å². The maximum atomic E-state index is 9.97. The Morgan fingerprint density at radius 2 is 2.04 bits per heavy atom. The third-order valence-corrected chi connectivity index (χ3v) is 5.66. The molecule has 0 saturated carbocycles. The van der Waals surface area contributed by atoms with Crippen LogP contribution >= 0.6 is 0 Å². The van der Waals surface area contributed by atoms with Crippen molar-refractivity contribution in [2.45, 2.75) is 32.7 Å². The Morgan fingerprint density at radius 3 is 2.86 bits per heavy atom. The molecule has 0 bridgehead atoms. The Labute approximate surface area is 163 Å². The van der Waals surface area contributed by atoms with E-state index in [4.69, 9.17) is 4.99 Å². The summed E-state index contributed by atoms with van der Waals surface area (Å²) in [5, 5.41) is 16.7. The fourth-order valence-electron chi connectivity index (χ4n) is 4.12. The van der Waals surface area contributed by atoms with Gasteiger partial charge in [0.1, 0.15) is 17.6 Å². The van der Waals surface area contributed by atoms with Gasteiger partial charge in [0.05, 0.1) is 5.36 Å². The van der Waals surface area contributed by atoms with Crippen LogP contribution in [0, 0.1) is 6.92 Å². The summed E-state index contributed by atoms with van der Waals surface area (Å²) in [5.41, 5.74) is 9.82. The van der Waals surface area contributed by atoms with Gasteiger partial charge in [-0.25, -0.2) is 0 Å². The molecule has 5 nitrogen and oxygen atoms in total. The van der Waals surface area contributed by atoms with Gasteiger partial charge in [-0.3, -0.25) is 10.4 Å². The largest absolute Gasteiger partial charge is 0.508 e. The predicted octanol–water partition coefficient (Wildman–Crippen LogP) is 3.53. The van der Waals surface area contributed by atoms with Gasteiger partial charge in [-0.15, -0.1) is 0 Å². The van der Waals surface area contributed by atoms with Gasteiger partial charge in [0.2, 0.25) is 0 Å². The fourth-order valence-corrected chi connectivity index (χ4v) is 4.12. The predicted molar refractivity (Wildman–Crippen MR) is 111 cm³/mol. The number of aromatic hydroxyl groups is 1. The van der Waals surface area contributed by atoms with Crippen molar-refractivity contribution in [3.63, 3.8) is 0 Å². The summed E-state index contributed by atoms with van der Waals surface area (Å²) in [6.07, 6.45) is 3.73. The first-order chi connectivity index (χ1) is 13.7. The number of phenolic OH excluding ortho intramolecular Hbond substituents is 1. The molecule has 2 aliphatic heterocycles. The molecule has 0 radical (unpaired) electrons. The van der Waals surface area contributed by atoms with Crippen LogP contribution in [0.15, 0.2) is 58.8 Å². The molecule has 1 aromatic heterocycles. The second-order valence-electron chi connectivity index (χ2n) is 7.39. The highest BCUT2D eigenvalue weighted by molar-refractivity contribution is 5.98. The number of nitrogens with one attached hydrogen (secondary N) is 2. The minimum atomic E-state index is -0.150. The zero-order chi connectivity index (χ0) is 19.3. The third kappa shape index (κ3) is 2.54. The van der Waals surface area contributed by atoms with E-state index in [0.717, 1.165) is 57.2 Å². The fraction of sp³-hybridized carbons (Fsp3) is 0.217. The maximum absolute atomic E-state index is 9.97. The lowest BCUT2D eigenvalue weighted by molar-refractivity contribution is 0.470. The first kappa shape index (κ1) is 16.8. The normalized spacial score (nSPS) is 17.4. The van der Waals surface area contributed by atoms with Crippen molar-refractivity contribution in [2.75, 3.05) is 5.43 Å². The molecule has 3 heterocycles. The number of anilines is 1. The van der Waals surface area contributed by atoms with Crippen molar-refractivity contribution in [1.82, 2.24) is 4.98 Å². The molecule has 0 spiro atoms. The number of phenols is 1. The molecule has 28 heavy (non-hydrogen) atoms. The number of fused-ring (bicyclic) bond motifs is 1. The Bertz CT molecular complexity index is 1240. The van der Waals surface area contributed by atoms with E-state index in [-0.39, 0.29) is 6.04 Å². The Morgan fingerprint density at radius 1 is 1.18 bits per heavy atom. The van der Waals surface area contributed by atoms with Crippen LogP contribution in [-0.4, -0.2) is 15.8 Å². The summed E-state index contributed by atoms with van der Waals surface area (Å²) in [6.45, 7) is 4.05. The minimum Gasteiger partial charge on any atom is -0.508 e.